The van der Waals surface area contributed by atoms with E-state index >= 15 is 0 Å². The molecule has 21 heavy (non-hydrogen) atoms. The highest BCUT2D eigenvalue weighted by Crippen LogP contribution is 2.36. The number of rotatable bonds is 7. The number of benzene rings is 1. The molecular weight excluding hydrogens is 336 g/mol. The zero-order chi connectivity index (χ0) is 15.2. The monoisotopic (exact) mass is 358 g/mol. The molecule has 1 heterocycles. The van der Waals surface area contributed by atoms with Gasteiger partial charge in [-0.15, -0.1) is 0 Å². The van der Waals surface area contributed by atoms with Crippen LogP contribution in [-0.2, 0) is 6.54 Å². The molecule has 1 saturated heterocycles. The summed E-state index contributed by atoms with van der Waals surface area (Å²) >= 11 is 3.51. The molecule has 0 aromatic heterocycles. The van der Waals surface area contributed by atoms with Crippen LogP contribution in [0.2, 0.25) is 0 Å². The molecule has 2 atom stereocenters. The molecule has 1 aliphatic heterocycles. The van der Waals surface area contributed by atoms with Gasteiger partial charge in [0.1, 0.15) is 0 Å². The number of halogens is 1. The van der Waals surface area contributed by atoms with E-state index < -0.39 is 0 Å². The predicted molar refractivity (Wildman–Crippen MR) is 85.9 cm³/mol. The Kier molecular flexibility index (Phi) is 6.29. The van der Waals surface area contributed by atoms with Crippen LogP contribution >= 0.6 is 15.9 Å². The summed E-state index contributed by atoms with van der Waals surface area (Å²) < 4.78 is 11.8. The Hall–Kier alpha value is -0.820. The van der Waals surface area contributed by atoms with Crippen molar-refractivity contribution in [2.24, 2.45) is 5.92 Å². The average molecular weight is 359 g/mol. The fraction of sp³-hybridized carbons (Fsp3) is 0.600. The topological polar surface area (TPSA) is 62.8 Å². The second-order valence-corrected chi connectivity index (χ2v) is 6.01. The van der Waals surface area contributed by atoms with Crippen molar-refractivity contribution < 1.29 is 14.6 Å². The van der Waals surface area contributed by atoms with E-state index in [-0.39, 0.29) is 12.0 Å². The van der Waals surface area contributed by atoms with Crippen LogP contribution in [0.15, 0.2) is 16.6 Å². The summed E-state index contributed by atoms with van der Waals surface area (Å²) in [6, 6.07) is 4.01. The van der Waals surface area contributed by atoms with Crippen molar-refractivity contribution >= 4 is 15.9 Å². The fourth-order valence-corrected chi connectivity index (χ4v) is 3.17. The van der Waals surface area contributed by atoms with Crippen molar-refractivity contribution in [2.75, 3.05) is 33.4 Å². The van der Waals surface area contributed by atoms with Crippen LogP contribution in [0, 0.1) is 5.92 Å². The van der Waals surface area contributed by atoms with Crippen LogP contribution < -0.4 is 20.1 Å². The maximum absolute atomic E-state index is 9.77. The molecule has 118 valence electrons. The first kappa shape index (κ1) is 16.5. The molecule has 0 saturated carbocycles. The minimum atomic E-state index is -0.251. The number of ether oxygens (including phenoxy) is 2. The molecule has 1 fully saturated rings. The normalized spacial score (nSPS) is 21.5. The molecule has 0 spiro atoms. The first-order chi connectivity index (χ1) is 10.2. The summed E-state index contributed by atoms with van der Waals surface area (Å²) in [5.74, 6) is 1.74. The molecule has 0 amide bonds. The quantitative estimate of drug-likeness (QED) is 0.689. The van der Waals surface area contributed by atoms with Crippen LogP contribution in [0.4, 0.5) is 0 Å². The van der Waals surface area contributed by atoms with Gasteiger partial charge in [-0.05, 0) is 40.5 Å². The van der Waals surface area contributed by atoms with Gasteiger partial charge in [0.2, 0.25) is 0 Å². The van der Waals surface area contributed by atoms with Gasteiger partial charge in [-0.1, -0.05) is 0 Å². The number of hydrogen-bond donors (Lipinski definition) is 3. The number of aliphatic hydroxyl groups excluding tert-OH is 1. The summed E-state index contributed by atoms with van der Waals surface area (Å²) in [5.41, 5.74) is 1.12. The van der Waals surface area contributed by atoms with Crippen molar-refractivity contribution in [3.05, 3.63) is 22.2 Å². The summed E-state index contributed by atoms with van der Waals surface area (Å²) in [7, 11) is 1.63. The molecule has 3 N–H and O–H groups in total. The Labute approximate surface area is 134 Å². The second kappa shape index (κ2) is 7.98. The fourth-order valence-electron chi connectivity index (χ4n) is 2.51. The van der Waals surface area contributed by atoms with E-state index in [0.29, 0.717) is 13.2 Å². The number of nitrogens with one attached hydrogen (secondary N) is 2. The molecular formula is C15H23BrN2O3. The number of hydrogen-bond acceptors (Lipinski definition) is 5. The summed E-state index contributed by atoms with van der Waals surface area (Å²) in [4.78, 5) is 0. The number of β-amino-alcohol motifs (C(OH)–C–C–N with tert-alkyl or cyclic N) is 1. The summed E-state index contributed by atoms with van der Waals surface area (Å²) in [5, 5.41) is 16.3. The Morgan fingerprint density at radius 2 is 2.24 bits per heavy atom. The minimum absolute atomic E-state index is 0.251. The lowest BCUT2D eigenvalue weighted by Gasteiger charge is -2.16. The van der Waals surface area contributed by atoms with Gasteiger partial charge >= 0.3 is 0 Å². The van der Waals surface area contributed by atoms with E-state index in [0.717, 1.165) is 41.2 Å². The Morgan fingerprint density at radius 3 is 2.86 bits per heavy atom. The molecule has 6 heteroatoms. The van der Waals surface area contributed by atoms with Gasteiger partial charge in [-0.25, -0.2) is 0 Å². The standard InChI is InChI=1S/C15H23BrN2O3/c1-3-21-14-5-10(4-12(16)15(14)20-2)6-17-7-11-8-18-9-13(11)19/h4-5,11,13,17-19H,3,6-9H2,1-2H3. The van der Waals surface area contributed by atoms with E-state index in [1.807, 2.05) is 19.1 Å². The van der Waals surface area contributed by atoms with E-state index in [9.17, 15) is 5.11 Å². The highest BCUT2D eigenvalue weighted by Gasteiger charge is 2.24. The van der Waals surface area contributed by atoms with Crippen molar-refractivity contribution in [1.82, 2.24) is 10.6 Å². The van der Waals surface area contributed by atoms with E-state index in [1.54, 1.807) is 7.11 Å². The maximum atomic E-state index is 9.77. The average Bonchev–Trinajstić information content (AvgIpc) is 2.85. The van der Waals surface area contributed by atoms with E-state index in [1.165, 1.54) is 0 Å². The maximum Gasteiger partial charge on any atom is 0.174 e. The van der Waals surface area contributed by atoms with E-state index in [2.05, 4.69) is 26.6 Å². The molecule has 1 aromatic rings. The third-order valence-corrected chi connectivity index (χ3v) is 4.20. The highest BCUT2D eigenvalue weighted by atomic mass is 79.9. The second-order valence-electron chi connectivity index (χ2n) is 5.16. The highest BCUT2D eigenvalue weighted by molar-refractivity contribution is 9.10. The third kappa shape index (κ3) is 4.32. The van der Waals surface area contributed by atoms with Crippen molar-refractivity contribution in [3.8, 4) is 11.5 Å². The molecule has 0 radical (unpaired) electrons. The molecule has 1 aliphatic rings. The largest absolute Gasteiger partial charge is 0.492 e. The van der Waals surface area contributed by atoms with Crippen molar-refractivity contribution in [1.29, 1.82) is 0 Å². The lowest BCUT2D eigenvalue weighted by Crippen LogP contribution is -2.30. The Morgan fingerprint density at radius 1 is 1.43 bits per heavy atom. The van der Waals surface area contributed by atoms with Gasteiger partial charge in [0, 0.05) is 32.1 Å². The van der Waals surface area contributed by atoms with Crippen LogP contribution in [0.3, 0.4) is 0 Å². The van der Waals surface area contributed by atoms with Gasteiger partial charge in [0.15, 0.2) is 11.5 Å². The van der Waals surface area contributed by atoms with Gasteiger partial charge < -0.3 is 25.2 Å². The molecule has 5 nitrogen and oxygen atoms in total. The van der Waals surface area contributed by atoms with Gasteiger partial charge in [0.05, 0.1) is 24.3 Å². The smallest absolute Gasteiger partial charge is 0.174 e. The molecule has 1 aromatic carbocycles. The molecule has 2 rings (SSSR count). The Balaban J connectivity index is 1.96. The zero-order valence-electron chi connectivity index (χ0n) is 12.5. The number of methoxy groups -OCH3 is 1. The third-order valence-electron chi connectivity index (χ3n) is 3.61. The van der Waals surface area contributed by atoms with Gasteiger partial charge in [0.25, 0.3) is 0 Å². The summed E-state index contributed by atoms with van der Waals surface area (Å²) in [6.45, 7) is 5.62. The van der Waals surface area contributed by atoms with Crippen LogP contribution in [0.1, 0.15) is 12.5 Å². The number of aliphatic hydroxyl groups is 1. The zero-order valence-corrected chi connectivity index (χ0v) is 14.1. The van der Waals surface area contributed by atoms with Crippen molar-refractivity contribution in [3.63, 3.8) is 0 Å². The van der Waals surface area contributed by atoms with E-state index in [4.69, 9.17) is 9.47 Å². The van der Waals surface area contributed by atoms with Crippen molar-refractivity contribution in [2.45, 2.75) is 19.6 Å². The summed E-state index contributed by atoms with van der Waals surface area (Å²) in [6.07, 6.45) is -0.251. The first-order valence-electron chi connectivity index (χ1n) is 7.24. The van der Waals surface area contributed by atoms with Gasteiger partial charge in [-0.2, -0.15) is 0 Å². The molecule has 0 aliphatic carbocycles. The molecule has 0 bridgehead atoms. The van der Waals surface area contributed by atoms with Crippen LogP contribution in [-0.4, -0.2) is 44.6 Å². The SMILES string of the molecule is CCOc1cc(CNCC2CNCC2O)cc(Br)c1OC. The first-order valence-corrected chi connectivity index (χ1v) is 8.03. The lowest BCUT2D eigenvalue weighted by molar-refractivity contribution is 0.146. The Bertz CT molecular complexity index is 470. The van der Waals surface area contributed by atoms with Crippen LogP contribution in [0.25, 0.3) is 0 Å². The van der Waals surface area contributed by atoms with Crippen LogP contribution in [0.5, 0.6) is 11.5 Å². The minimum Gasteiger partial charge on any atom is -0.492 e. The lowest BCUT2D eigenvalue weighted by atomic mass is 10.1. The molecule has 2 unspecified atom stereocenters. The van der Waals surface area contributed by atoms with Gasteiger partial charge in [-0.3, -0.25) is 0 Å². The predicted octanol–water partition coefficient (Wildman–Crippen LogP) is 1.53.